The van der Waals surface area contributed by atoms with Crippen LogP contribution in [0.1, 0.15) is 18.1 Å². The number of hydrogen-bond acceptors (Lipinski definition) is 10. The molecule has 1 heterocycles. The number of hydrogen-bond donors (Lipinski definition) is 0. The van der Waals surface area contributed by atoms with Crippen LogP contribution in [0.3, 0.4) is 0 Å². The lowest BCUT2D eigenvalue weighted by Gasteiger charge is -2.11. The Morgan fingerprint density at radius 1 is 0.889 bits per heavy atom. The molecule has 13 nitrogen and oxygen atoms in total. The van der Waals surface area contributed by atoms with Crippen molar-refractivity contribution < 1.29 is 24.1 Å². The van der Waals surface area contributed by atoms with Gasteiger partial charge in [-0.3, -0.25) is 25.0 Å². The van der Waals surface area contributed by atoms with Gasteiger partial charge in [-0.25, -0.2) is 9.78 Å². The molecule has 0 spiro atoms. The third-order valence-electron chi connectivity index (χ3n) is 6.38. The topological polar surface area (TPSA) is 169 Å². The van der Waals surface area contributed by atoms with Crippen molar-refractivity contribution in [2.75, 3.05) is 6.61 Å². The number of nitrogens with zero attached hydrogens (tertiary/aromatic N) is 5. The van der Waals surface area contributed by atoms with E-state index in [4.69, 9.17) is 9.47 Å². The van der Waals surface area contributed by atoms with Crippen molar-refractivity contribution in [1.29, 1.82) is 0 Å². The van der Waals surface area contributed by atoms with Gasteiger partial charge in [0.1, 0.15) is 0 Å². The molecule has 0 amide bonds. The first kappa shape index (κ1) is 30.0. The van der Waals surface area contributed by atoms with Gasteiger partial charge in [0.15, 0.2) is 17.3 Å². The van der Waals surface area contributed by atoms with Gasteiger partial charge in [-0.1, -0.05) is 24.3 Å². The van der Waals surface area contributed by atoms with Crippen molar-refractivity contribution in [3.8, 4) is 22.9 Å². The van der Waals surface area contributed by atoms with Crippen molar-refractivity contribution >= 4 is 40.5 Å². The Morgan fingerprint density at radius 3 is 2.38 bits per heavy atom. The maximum Gasteiger partial charge on any atom is 0.336 e. The monoisotopic (exact) mass is 605 g/mol. The summed E-state index contributed by atoms with van der Waals surface area (Å²) in [6.45, 7) is 2.01. The molecule has 0 saturated carbocycles. The molecular weight excluding hydrogens is 582 g/mol. The molecule has 0 aliphatic heterocycles. The SMILES string of the molecule is CCOc1cc(C=Nn2c(-c3ccc([N+](=O)[O-])cc3)nc3ccccc3c2=O)ccc1OC(=O)/C=C/c1cccc([N+](=O)[O-])c1. The number of rotatable bonds is 10. The van der Waals surface area contributed by atoms with E-state index in [-0.39, 0.29) is 35.3 Å². The van der Waals surface area contributed by atoms with E-state index in [1.54, 1.807) is 49.4 Å². The number of nitro groups is 2. The van der Waals surface area contributed by atoms with Crippen molar-refractivity contribution in [3.05, 3.63) is 139 Å². The second-order valence-electron chi connectivity index (χ2n) is 9.36. The van der Waals surface area contributed by atoms with Crippen LogP contribution in [0, 0.1) is 20.2 Å². The number of carbonyl (C=O) groups excluding carboxylic acids is 1. The number of nitro benzene ring substituents is 2. The van der Waals surface area contributed by atoms with Gasteiger partial charge in [-0.2, -0.15) is 9.78 Å². The standard InChI is InChI=1S/C32H23N5O8/c1-2-44-29-19-22(10-16-28(29)45-30(38)17-11-21-6-5-7-25(18-21)37(42)43)20-33-35-31(23-12-14-24(15-13-23)36(40)41)34-27-9-4-3-8-26(27)32(35)39/h3-20H,2H2,1H3/b17-11+,33-20?. The molecule has 1 aromatic heterocycles. The molecular formula is C32H23N5O8. The molecule has 5 aromatic rings. The number of aromatic nitrogens is 2. The number of para-hydroxylation sites is 1. The molecule has 13 heteroatoms. The Labute approximate surface area is 254 Å². The molecule has 0 aliphatic rings. The van der Waals surface area contributed by atoms with E-state index >= 15 is 0 Å². The highest BCUT2D eigenvalue weighted by molar-refractivity contribution is 5.89. The van der Waals surface area contributed by atoms with Crippen molar-refractivity contribution in [2.45, 2.75) is 6.92 Å². The summed E-state index contributed by atoms with van der Waals surface area (Å²) in [5.74, 6) is -0.196. The highest BCUT2D eigenvalue weighted by Gasteiger charge is 2.15. The summed E-state index contributed by atoms with van der Waals surface area (Å²) < 4.78 is 12.2. The first-order chi connectivity index (χ1) is 21.7. The second-order valence-corrected chi connectivity index (χ2v) is 9.36. The molecule has 0 N–H and O–H groups in total. The maximum atomic E-state index is 13.5. The Hall–Kier alpha value is -6.50. The average Bonchev–Trinajstić information content (AvgIpc) is 3.04. The smallest absolute Gasteiger partial charge is 0.336 e. The predicted molar refractivity (Wildman–Crippen MR) is 166 cm³/mol. The number of esters is 1. The fraction of sp³-hybridized carbons (Fsp3) is 0.0625. The molecule has 45 heavy (non-hydrogen) atoms. The summed E-state index contributed by atoms with van der Waals surface area (Å²) in [6.07, 6.45) is 3.95. The molecule has 0 atom stereocenters. The number of benzene rings is 4. The summed E-state index contributed by atoms with van der Waals surface area (Å²) in [6, 6.07) is 22.9. The van der Waals surface area contributed by atoms with Gasteiger partial charge in [-0.05, 0) is 66.6 Å². The predicted octanol–water partition coefficient (Wildman–Crippen LogP) is 5.78. The Bertz CT molecular complexity index is 2050. The zero-order valence-electron chi connectivity index (χ0n) is 23.6. The third-order valence-corrected chi connectivity index (χ3v) is 6.38. The van der Waals surface area contributed by atoms with E-state index in [0.29, 0.717) is 27.6 Å². The zero-order chi connectivity index (χ0) is 31.9. The first-order valence-corrected chi connectivity index (χ1v) is 13.5. The van der Waals surface area contributed by atoms with Crippen LogP contribution in [0.15, 0.2) is 107 Å². The molecule has 0 fully saturated rings. The molecule has 0 aliphatic carbocycles. The maximum absolute atomic E-state index is 13.5. The number of non-ortho nitro benzene ring substituents is 2. The number of fused-ring (bicyclic) bond motifs is 1. The van der Waals surface area contributed by atoms with Gasteiger partial charge in [0.25, 0.3) is 16.9 Å². The number of ether oxygens (including phenoxy) is 2. The summed E-state index contributed by atoms with van der Waals surface area (Å²) >= 11 is 0. The molecule has 0 saturated heterocycles. The Morgan fingerprint density at radius 2 is 1.64 bits per heavy atom. The summed E-state index contributed by atoms with van der Waals surface area (Å²) in [7, 11) is 0. The van der Waals surface area contributed by atoms with Crippen LogP contribution >= 0.6 is 0 Å². The largest absolute Gasteiger partial charge is 0.490 e. The van der Waals surface area contributed by atoms with E-state index in [2.05, 4.69) is 10.1 Å². The van der Waals surface area contributed by atoms with Gasteiger partial charge < -0.3 is 9.47 Å². The van der Waals surface area contributed by atoms with Crippen LogP contribution in [-0.4, -0.2) is 38.3 Å². The molecule has 5 rings (SSSR count). The van der Waals surface area contributed by atoms with E-state index in [9.17, 15) is 29.8 Å². The van der Waals surface area contributed by atoms with E-state index < -0.39 is 21.4 Å². The quantitative estimate of drug-likeness (QED) is 0.0478. The molecule has 0 unspecified atom stereocenters. The minimum absolute atomic E-state index is 0.108. The van der Waals surface area contributed by atoms with Crippen LogP contribution < -0.4 is 15.0 Å². The van der Waals surface area contributed by atoms with Crippen molar-refractivity contribution in [3.63, 3.8) is 0 Å². The van der Waals surface area contributed by atoms with Crippen molar-refractivity contribution in [2.24, 2.45) is 5.10 Å². The first-order valence-electron chi connectivity index (χ1n) is 13.5. The fourth-order valence-electron chi connectivity index (χ4n) is 4.28. The highest BCUT2D eigenvalue weighted by atomic mass is 16.6. The van der Waals surface area contributed by atoms with Crippen LogP contribution in [-0.2, 0) is 4.79 Å². The summed E-state index contributed by atoms with van der Waals surface area (Å²) in [5.41, 5.74) is 1.16. The molecule has 0 bridgehead atoms. The molecule has 0 radical (unpaired) electrons. The summed E-state index contributed by atoms with van der Waals surface area (Å²) in [4.78, 5) is 51.7. The normalized spacial score (nSPS) is 11.2. The van der Waals surface area contributed by atoms with Gasteiger partial charge in [0.05, 0.1) is 33.6 Å². The van der Waals surface area contributed by atoms with Gasteiger partial charge >= 0.3 is 5.97 Å². The van der Waals surface area contributed by atoms with E-state index in [1.807, 2.05) is 0 Å². The van der Waals surface area contributed by atoms with Gasteiger partial charge in [0, 0.05) is 35.9 Å². The fourth-order valence-corrected chi connectivity index (χ4v) is 4.28. The Balaban J connectivity index is 1.44. The van der Waals surface area contributed by atoms with Crippen LogP contribution in [0.4, 0.5) is 11.4 Å². The average molecular weight is 606 g/mol. The van der Waals surface area contributed by atoms with Crippen LogP contribution in [0.5, 0.6) is 11.5 Å². The lowest BCUT2D eigenvalue weighted by molar-refractivity contribution is -0.385. The summed E-state index contributed by atoms with van der Waals surface area (Å²) in [5, 5.41) is 26.9. The van der Waals surface area contributed by atoms with Crippen LogP contribution in [0.2, 0.25) is 0 Å². The number of carbonyl (C=O) groups is 1. The highest BCUT2D eigenvalue weighted by Crippen LogP contribution is 2.29. The van der Waals surface area contributed by atoms with Crippen LogP contribution in [0.25, 0.3) is 28.4 Å². The minimum atomic E-state index is -0.731. The van der Waals surface area contributed by atoms with E-state index in [1.165, 1.54) is 60.8 Å². The zero-order valence-corrected chi connectivity index (χ0v) is 23.6. The molecule has 4 aromatic carbocycles. The van der Waals surface area contributed by atoms with E-state index in [0.717, 1.165) is 10.8 Å². The lowest BCUT2D eigenvalue weighted by atomic mass is 10.1. The lowest BCUT2D eigenvalue weighted by Crippen LogP contribution is -2.20. The van der Waals surface area contributed by atoms with Gasteiger partial charge in [0.2, 0.25) is 0 Å². The third kappa shape index (κ3) is 6.94. The second kappa shape index (κ2) is 13.2. The van der Waals surface area contributed by atoms with Crippen molar-refractivity contribution in [1.82, 2.24) is 9.66 Å². The minimum Gasteiger partial charge on any atom is -0.490 e. The Kier molecular flexibility index (Phi) is 8.80. The van der Waals surface area contributed by atoms with Gasteiger partial charge in [-0.15, -0.1) is 0 Å². The molecule has 224 valence electrons.